The van der Waals surface area contributed by atoms with Crippen LogP contribution >= 0.6 is 0 Å². The summed E-state index contributed by atoms with van der Waals surface area (Å²) in [5.41, 5.74) is -0.466. The first-order valence-corrected chi connectivity index (χ1v) is 6.63. The fraction of sp³-hybridized carbons (Fsp3) is 0.133. The number of carbonyl (C=O) groups is 1. The Balaban J connectivity index is 1.71. The highest BCUT2D eigenvalue weighted by Crippen LogP contribution is 2.31. The van der Waals surface area contributed by atoms with E-state index in [9.17, 15) is 18.0 Å². The minimum absolute atomic E-state index is 0.0320. The molecule has 0 fully saturated rings. The number of halogens is 3. The molecule has 0 N–H and O–H groups in total. The van der Waals surface area contributed by atoms with Crippen LogP contribution in [0.15, 0.2) is 51.8 Å². The van der Waals surface area contributed by atoms with E-state index in [1.165, 1.54) is 30.7 Å². The van der Waals surface area contributed by atoms with Gasteiger partial charge in [0.15, 0.2) is 6.61 Å². The molecule has 6 nitrogen and oxygen atoms in total. The molecule has 0 amide bonds. The molecule has 0 spiro atoms. The highest BCUT2D eigenvalue weighted by atomic mass is 19.4. The van der Waals surface area contributed by atoms with Crippen molar-refractivity contribution in [2.24, 2.45) is 0 Å². The molecular weight excluding hydrogens is 329 g/mol. The molecule has 0 bridgehead atoms. The van der Waals surface area contributed by atoms with Crippen molar-refractivity contribution in [1.29, 1.82) is 0 Å². The first-order chi connectivity index (χ1) is 11.4. The Kier molecular flexibility index (Phi) is 4.07. The van der Waals surface area contributed by atoms with Crippen LogP contribution in [0, 0.1) is 0 Å². The van der Waals surface area contributed by atoms with Crippen LogP contribution in [0.3, 0.4) is 0 Å². The average Bonchev–Trinajstić information content (AvgIpc) is 3.23. The summed E-state index contributed by atoms with van der Waals surface area (Å²) in [6.45, 7) is -0.310. The molecule has 0 saturated carbocycles. The summed E-state index contributed by atoms with van der Waals surface area (Å²) < 4.78 is 52.6. The summed E-state index contributed by atoms with van der Waals surface area (Å²) >= 11 is 0. The van der Waals surface area contributed by atoms with Crippen LogP contribution in [0.5, 0.6) is 0 Å². The van der Waals surface area contributed by atoms with E-state index in [1.54, 1.807) is 0 Å². The van der Waals surface area contributed by atoms with Crippen molar-refractivity contribution < 1.29 is 31.6 Å². The van der Waals surface area contributed by atoms with Crippen molar-refractivity contribution >= 4 is 5.97 Å². The third-order valence-corrected chi connectivity index (χ3v) is 3.00. The number of rotatable bonds is 4. The zero-order valence-electron chi connectivity index (χ0n) is 11.9. The van der Waals surface area contributed by atoms with Gasteiger partial charge in [-0.25, -0.2) is 4.79 Å². The van der Waals surface area contributed by atoms with Gasteiger partial charge in [-0.1, -0.05) is 17.3 Å². The normalized spacial score (nSPS) is 11.5. The Morgan fingerprint density at radius 3 is 2.79 bits per heavy atom. The van der Waals surface area contributed by atoms with Gasteiger partial charge in [0.2, 0.25) is 5.82 Å². The second-order valence-electron chi connectivity index (χ2n) is 4.68. The molecule has 1 aromatic carbocycles. The van der Waals surface area contributed by atoms with E-state index in [4.69, 9.17) is 13.7 Å². The Hall–Kier alpha value is -3.10. The maximum atomic E-state index is 12.7. The van der Waals surface area contributed by atoms with Gasteiger partial charge in [-0.2, -0.15) is 18.2 Å². The Labute approximate surface area is 132 Å². The number of esters is 1. The topological polar surface area (TPSA) is 78.4 Å². The maximum absolute atomic E-state index is 12.7. The van der Waals surface area contributed by atoms with Gasteiger partial charge in [0.1, 0.15) is 6.26 Å². The zero-order valence-corrected chi connectivity index (χ0v) is 11.9. The number of benzene rings is 1. The number of alkyl halides is 3. The molecule has 0 aliphatic heterocycles. The van der Waals surface area contributed by atoms with E-state index >= 15 is 0 Å². The van der Waals surface area contributed by atoms with Crippen molar-refractivity contribution in [2.75, 3.05) is 0 Å². The van der Waals surface area contributed by atoms with Gasteiger partial charge in [0.25, 0.3) is 5.89 Å². The summed E-state index contributed by atoms with van der Waals surface area (Å²) in [7, 11) is 0. The second kappa shape index (κ2) is 6.19. The van der Waals surface area contributed by atoms with Crippen LogP contribution in [0.25, 0.3) is 11.4 Å². The van der Waals surface area contributed by atoms with E-state index in [1.807, 2.05) is 0 Å². The van der Waals surface area contributed by atoms with Crippen molar-refractivity contribution in [3.63, 3.8) is 0 Å². The van der Waals surface area contributed by atoms with Gasteiger partial charge in [0.05, 0.1) is 17.4 Å². The van der Waals surface area contributed by atoms with Crippen LogP contribution < -0.4 is 0 Å². The molecule has 0 unspecified atom stereocenters. The molecule has 3 rings (SSSR count). The average molecular weight is 338 g/mol. The number of nitrogens with zero attached hydrogens (tertiary/aromatic N) is 2. The van der Waals surface area contributed by atoms with E-state index in [2.05, 4.69) is 10.1 Å². The first kappa shape index (κ1) is 15.8. The largest absolute Gasteiger partial charge is 0.472 e. The summed E-state index contributed by atoms with van der Waals surface area (Å²) in [4.78, 5) is 15.5. The molecule has 2 heterocycles. The smallest absolute Gasteiger partial charge is 0.416 e. The Bertz CT molecular complexity index is 841. The molecular formula is C15H9F3N2O4. The summed E-state index contributed by atoms with van der Waals surface area (Å²) in [5, 5.41) is 3.59. The lowest BCUT2D eigenvalue weighted by Gasteiger charge is -2.06. The maximum Gasteiger partial charge on any atom is 0.416 e. The SMILES string of the molecule is O=C(OCc1nc(-c2cccc(C(F)(F)F)c2)no1)c1ccoc1. The molecule has 0 atom stereocenters. The predicted molar refractivity (Wildman–Crippen MR) is 72.6 cm³/mol. The number of hydrogen-bond acceptors (Lipinski definition) is 6. The molecule has 0 saturated heterocycles. The summed E-state index contributed by atoms with van der Waals surface area (Å²) in [5.74, 6) is -0.725. The number of hydrogen-bond donors (Lipinski definition) is 0. The molecule has 0 aliphatic rings. The molecule has 0 aliphatic carbocycles. The molecule has 124 valence electrons. The standard InChI is InChI=1S/C15H9F3N2O4/c16-15(17,18)11-3-1-2-9(6-11)13-19-12(24-20-13)8-23-14(21)10-4-5-22-7-10/h1-7H,8H2. The van der Waals surface area contributed by atoms with Crippen molar-refractivity contribution in [1.82, 2.24) is 10.1 Å². The van der Waals surface area contributed by atoms with Gasteiger partial charge >= 0.3 is 12.1 Å². The Morgan fingerprint density at radius 1 is 1.25 bits per heavy atom. The summed E-state index contributed by atoms with van der Waals surface area (Å²) in [6, 6.07) is 5.93. The van der Waals surface area contributed by atoms with Gasteiger partial charge in [-0.15, -0.1) is 0 Å². The lowest BCUT2D eigenvalue weighted by atomic mass is 10.1. The minimum atomic E-state index is -4.47. The summed E-state index contributed by atoms with van der Waals surface area (Å²) in [6.07, 6.45) is -1.94. The fourth-order valence-electron chi connectivity index (χ4n) is 1.86. The van der Waals surface area contributed by atoms with Crippen LogP contribution in [0.1, 0.15) is 21.8 Å². The Morgan fingerprint density at radius 2 is 2.08 bits per heavy atom. The van der Waals surface area contributed by atoms with Crippen LogP contribution in [0.2, 0.25) is 0 Å². The number of aromatic nitrogens is 2. The van der Waals surface area contributed by atoms with Crippen molar-refractivity contribution in [3.05, 3.63) is 59.9 Å². The minimum Gasteiger partial charge on any atom is -0.472 e. The molecule has 3 aromatic rings. The van der Waals surface area contributed by atoms with E-state index in [0.29, 0.717) is 0 Å². The van der Waals surface area contributed by atoms with E-state index in [-0.39, 0.29) is 29.4 Å². The van der Waals surface area contributed by atoms with Gasteiger partial charge in [0, 0.05) is 5.56 Å². The third-order valence-electron chi connectivity index (χ3n) is 3.00. The number of carbonyl (C=O) groups excluding carboxylic acids is 1. The third kappa shape index (κ3) is 3.45. The fourth-order valence-corrected chi connectivity index (χ4v) is 1.86. The second-order valence-corrected chi connectivity index (χ2v) is 4.68. The lowest BCUT2D eigenvalue weighted by Crippen LogP contribution is -2.05. The number of furan rings is 1. The van der Waals surface area contributed by atoms with Crippen LogP contribution in [-0.2, 0) is 17.5 Å². The van der Waals surface area contributed by atoms with E-state index < -0.39 is 17.7 Å². The van der Waals surface area contributed by atoms with Crippen molar-refractivity contribution in [2.45, 2.75) is 12.8 Å². The zero-order chi connectivity index (χ0) is 17.2. The number of ether oxygens (including phenoxy) is 1. The van der Waals surface area contributed by atoms with Gasteiger partial charge in [-0.3, -0.25) is 0 Å². The van der Waals surface area contributed by atoms with Crippen molar-refractivity contribution in [3.8, 4) is 11.4 Å². The van der Waals surface area contributed by atoms with Crippen LogP contribution in [-0.4, -0.2) is 16.1 Å². The highest BCUT2D eigenvalue weighted by Gasteiger charge is 2.30. The molecule has 9 heteroatoms. The molecule has 24 heavy (non-hydrogen) atoms. The highest BCUT2D eigenvalue weighted by molar-refractivity contribution is 5.88. The molecule has 0 radical (unpaired) electrons. The lowest BCUT2D eigenvalue weighted by molar-refractivity contribution is -0.137. The predicted octanol–water partition coefficient (Wildman–Crippen LogP) is 3.71. The van der Waals surface area contributed by atoms with E-state index in [0.717, 1.165) is 12.1 Å². The first-order valence-electron chi connectivity index (χ1n) is 6.63. The monoisotopic (exact) mass is 338 g/mol. The van der Waals surface area contributed by atoms with Crippen LogP contribution in [0.4, 0.5) is 13.2 Å². The van der Waals surface area contributed by atoms with Gasteiger partial charge in [-0.05, 0) is 18.2 Å². The van der Waals surface area contributed by atoms with Gasteiger partial charge < -0.3 is 13.7 Å². The quantitative estimate of drug-likeness (QED) is 0.675. The molecule has 2 aromatic heterocycles.